The lowest BCUT2D eigenvalue weighted by molar-refractivity contribution is 0.0122. The van der Waals surface area contributed by atoms with Crippen LogP contribution in [-0.4, -0.2) is 70.9 Å². The summed E-state index contributed by atoms with van der Waals surface area (Å²) in [4.78, 5) is 33.1. The van der Waals surface area contributed by atoms with Crippen LogP contribution in [0.4, 0.5) is 4.79 Å². The van der Waals surface area contributed by atoms with Crippen LogP contribution in [0.25, 0.3) is 10.9 Å². The predicted molar refractivity (Wildman–Crippen MR) is 144 cm³/mol. The first-order valence-electron chi connectivity index (χ1n) is 12.6. The lowest BCUT2D eigenvalue weighted by Gasteiger charge is -2.41. The van der Waals surface area contributed by atoms with Gasteiger partial charge in [0.25, 0.3) is 5.91 Å². The van der Waals surface area contributed by atoms with Crippen LogP contribution >= 0.6 is 0 Å². The van der Waals surface area contributed by atoms with Gasteiger partial charge < -0.3 is 14.6 Å². The molecular weight excluding hydrogens is 490 g/mol. The molecule has 2 aromatic carbocycles. The van der Waals surface area contributed by atoms with Crippen LogP contribution in [-0.2, 0) is 21.1 Å². The zero-order chi connectivity index (χ0) is 26.8. The van der Waals surface area contributed by atoms with Crippen LogP contribution in [0.5, 0.6) is 0 Å². The van der Waals surface area contributed by atoms with E-state index >= 15 is 0 Å². The molecule has 0 spiro atoms. The molecule has 1 aliphatic heterocycles. The van der Waals surface area contributed by atoms with Crippen molar-refractivity contribution in [2.24, 2.45) is 0 Å². The molecule has 8 nitrogen and oxygen atoms in total. The Bertz CT molecular complexity index is 1330. The number of sulfone groups is 1. The second-order valence-electron chi connectivity index (χ2n) is 10.6. The minimum atomic E-state index is -3.54. The summed E-state index contributed by atoms with van der Waals surface area (Å²) in [5.74, 6) is -0.573. The van der Waals surface area contributed by atoms with Gasteiger partial charge in [-0.05, 0) is 51.8 Å². The number of carbonyl (C=O) groups excluding carboxylic acids is 2. The van der Waals surface area contributed by atoms with Gasteiger partial charge in [-0.25, -0.2) is 13.2 Å². The van der Waals surface area contributed by atoms with E-state index in [4.69, 9.17) is 4.74 Å². The summed E-state index contributed by atoms with van der Waals surface area (Å²) in [5.41, 5.74) is 1.39. The number of benzene rings is 2. The SMILES string of the molecule is CCN(C(=O)c1cc2ccccc2[nH]1)C1CC(N(Cc2ccccc2)C(=O)OC(C)(C)C)CS(=O)(=O)C1. The number of hydrogen-bond acceptors (Lipinski definition) is 5. The van der Waals surface area contributed by atoms with Gasteiger partial charge >= 0.3 is 6.09 Å². The fourth-order valence-corrected chi connectivity index (χ4v) is 6.83. The molecule has 198 valence electrons. The van der Waals surface area contributed by atoms with E-state index in [9.17, 15) is 18.0 Å². The van der Waals surface area contributed by atoms with Gasteiger partial charge in [0.05, 0.1) is 17.5 Å². The van der Waals surface area contributed by atoms with E-state index in [0.717, 1.165) is 16.5 Å². The first kappa shape index (κ1) is 26.7. The van der Waals surface area contributed by atoms with Crippen molar-refractivity contribution >= 4 is 32.7 Å². The van der Waals surface area contributed by atoms with Gasteiger partial charge in [0.15, 0.2) is 9.84 Å². The third kappa shape index (κ3) is 6.52. The monoisotopic (exact) mass is 525 g/mol. The Morgan fingerprint density at radius 2 is 1.59 bits per heavy atom. The number of hydrogen-bond donors (Lipinski definition) is 1. The van der Waals surface area contributed by atoms with Gasteiger partial charge in [-0.3, -0.25) is 9.69 Å². The number of nitrogens with zero attached hydrogens (tertiary/aromatic N) is 2. The molecule has 1 fully saturated rings. The summed E-state index contributed by atoms with van der Waals surface area (Å²) in [6, 6.07) is 17.6. The van der Waals surface area contributed by atoms with Gasteiger partial charge in [0, 0.05) is 30.0 Å². The summed E-state index contributed by atoms with van der Waals surface area (Å²) < 4.78 is 31.9. The molecule has 2 unspecified atom stereocenters. The smallest absolute Gasteiger partial charge is 0.410 e. The number of rotatable bonds is 6. The van der Waals surface area contributed by atoms with Gasteiger partial charge in [0.1, 0.15) is 11.3 Å². The van der Waals surface area contributed by atoms with Crippen LogP contribution in [0.3, 0.4) is 0 Å². The van der Waals surface area contributed by atoms with E-state index in [1.165, 1.54) is 4.90 Å². The molecule has 2 atom stereocenters. The molecule has 0 bridgehead atoms. The normalized spacial score (nSPS) is 19.4. The lowest BCUT2D eigenvalue weighted by atomic mass is 10.0. The lowest BCUT2D eigenvalue weighted by Crippen LogP contribution is -2.56. The Balaban J connectivity index is 1.63. The van der Waals surface area contributed by atoms with Crippen molar-refractivity contribution in [2.45, 2.75) is 58.3 Å². The molecule has 4 rings (SSSR count). The molecule has 1 saturated heterocycles. The highest BCUT2D eigenvalue weighted by atomic mass is 32.2. The van der Waals surface area contributed by atoms with E-state index in [1.807, 2.05) is 61.5 Å². The van der Waals surface area contributed by atoms with Crippen LogP contribution < -0.4 is 0 Å². The summed E-state index contributed by atoms with van der Waals surface area (Å²) in [5, 5.41) is 0.912. The summed E-state index contributed by atoms with van der Waals surface area (Å²) >= 11 is 0. The van der Waals surface area contributed by atoms with Crippen molar-refractivity contribution < 1.29 is 22.7 Å². The molecule has 0 radical (unpaired) electrons. The average Bonchev–Trinajstić information content (AvgIpc) is 3.26. The Hall–Kier alpha value is -3.33. The van der Waals surface area contributed by atoms with E-state index in [0.29, 0.717) is 18.7 Å². The zero-order valence-electron chi connectivity index (χ0n) is 21.8. The number of aromatic nitrogens is 1. The quantitative estimate of drug-likeness (QED) is 0.506. The molecule has 1 N–H and O–H groups in total. The highest BCUT2D eigenvalue weighted by molar-refractivity contribution is 7.91. The maximum atomic E-state index is 13.5. The van der Waals surface area contributed by atoms with E-state index in [-0.39, 0.29) is 24.0 Å². The highest BCUT2D eigenvalue weighted by Gasteiger charge is 2.41. The van der Waals surface area contributed by atoms with Crippen LogP contribution in [0.1, 0.15) is 50.2 Å². The minimum absolute atomic E-state index is 0.142. The number of fused-ring (bicyclic) bond motifs is 1. The van der Waals surface area contributed by atoms with Crippen molar-refractivity contribution in [1.29, 1.82) is 0 Å². The molecule has 2 amide bonds. The van der Waals surface area contributed by atoms with Crippen molar-refractivity contribution in [3.8, 4) is 0 Å². The Kier molecular flexibility index (Phi) is 7.64. The highest BCUT2D eigenvalue weighted by Crippen LogP contribution is 2.27. The minimum Gasteiger partial charge on any atom is -0.444 e. The number of H-pyrrole nitrogens is 1. The number of aromatic amines is 1. The Morgan fingerprint density at radius 3 is 2.22 bits per heavy atom. The molecule has 3 aromatic rings. The van der Waals surface area contributed by atoms with Gasteiger partial charge in [0.2, 0.25) is 0 Å². The third-order valence-corrected chi connectivity index (χ3v) is 8.29. The molecule has 0 aliphatic carbocycles. The van der Waals surface area contributed by atoms with Crippen molar-refractivity contribution in [1.82, 2.24) is 14.8 Å². The Labute approximate surface area is 218 Å². The molecular formula is C28H35N3O5S. The van der Waals surface area contributed by atoms with E-state index in [1.54, 1.807) is 31.7 Å². The maximum absolute atomic E-state index is 13.5. The van der Waals surface area contributed by atoms with Gasteiger partial charge in [-0.15, -0.1) is 0 Å². The van der Waals surface area contributed by atoms with Gasteiger partial charge in [-0.2, -0.15) is 0 Å². The van der Waals surface area contributed by atoms with E-state index < -0.39 is 33.6 Å². The molecule has 2 heterocycles. The number of carbonyl (C=O) groups is 2. The standard InChI is InChI=1S/C28H35N3O5S/c1-5-30(26(32)25-15-21-13-9-10-14-24(21)29-25)22-16-23(19-37(34,35)18-22)31(27(33)36-28(2,3)4)17-20-11-7-6-8-12-20/h6-15,22-23,29H,5,16-19H2,1-4H3. The third-order valence-electron chi connectivity index (χ3n) is 6.50. The zero-order valence-corrected chi connectivity index (χ0v) is 22.6. The maximum Gasteiger partial charge on any atom is 0.410 e. The molecule has 37 heavy (non-hydrogen) atoms. The van der Waals surface area contributed by atoms with Crippen LogP contribution in [0.15, 0.2) is 60.7 Å². The summed E-state index contributed by atoms with van der Waals surface area (Å²) in [6.07, 6.45) is -0.229. The Morgan fingerprint density at radius 1 is 0.973 bits per heavy atom. The fraction of sp³-hybridized carbons (Fsp3) is 0.429. The first-order valence-corrected chi connectivity index (χ1v) is 14.4. The van der Waals surface area contributed by atoms with Crippen molar-refractivity contribution in [3.05, 3.63) is 71.9 Å². The molecule has 1 aliphatic rings. The van der Waals surface area contributed by atoms with Crippen molar-refractivity contribution in [2.75, 3.05) is 18.1 Å². The number of ether oxygens (including phenoxy) is 1. The number of nitrogens with one attached hydrogen (secondary N) is 1. The van der Waals surface area contributed by atoms with Crippen molar-refractivity contribution in [3.63, 3.8) is 0 Å². The van der Waals surface area contributed by atoms with Crippen LogP contribution in [0.2, 0.25) is 0 Å². The molecule has 1 aromatic heterocycles. The average molecular weight is 526 g/mol. The van der Waals surface area contributed by atoms with Crippen LogP contribution in [0, 0.1) is 0 Å². The number of para-hydroxylation sites is 1. The first-order chi connectivity index (χ1) is 17.5. The largest absolute Gasteiger partial charge is 0.444 e. The predicted octanol–water partition coefficient (Wildman–Crippen LogP) is 4.62. The molecule has 0 saturated carbocycles. The summed E-state index contributed by atoms with van der Waals surface area (Å²) in [6.45, 7) is 7.74. The second-order valence-corrected chi connectivity index (χ2v) is 12.7. The second kappa shape index (κ2) is 10.6. The van der Waals surface area contributed by atoms with E-state index in [2.05, 4.69) is 4.98 Å². The van der Waals surface area contributed by atoms with Gasteiger partial charge in [-0.1, -0.05) is 48.5 Å². The topological polar surface area (TPSA) is 99.8 Å². The fourth-order valence-electron chi connectivity index (χ4n) is 4.89. The number of amides is 2. The summed E-state index contributed by atoms with van der Waals surface area (Å²) in [7, 11) is -3.54. The molecule has 9 heteroatoms.